The first kappa shape index (κ1) is 32.2. The van der Waals surface area contributed by atoms with E-state index >= 15 is 0 Å². The molecule has 0 saturated carbocycles. The minimum Gasteiger partial charge on any atom is -0.323 e. The van der Waals surface area contributed by atoms with Crippen LogP contribution >= 0.6 is 0 Å². The van der Waals surface area contributed by atoms with Crippen molar-refractivity contribution in [2.24, 2.45) is 5.73 Å². The topological polar surface area (TPSA) is 141 Å². The van der Waals surface area contributed by atoms with Crippen molar-refractivity contribution in [2.75, 3.05) is 0 Å². The molecule has 7 aromatic rings. The van der Waals surface area contributed by atoms with Gasteiger partial charge in [-0.15, -0.1) is 0 Å². The second-order valence-electron chi connectivity index (χ2n) is 11.6. The highest BCUT2D eigenvalue weighted by molar-refractivity contribution is 6.21. The number of carbonyl (C=O) groups excluding carboxylic acids is 2. The highest BCUT2D eigenvalue weighted by Gasteiger charge is 2.40. The van der Waals surface area contributed by atoms with E-state index in [9.17, 15) is 18.4 Å². The summed E-state index contributed by atoms with van der Waals surface area (Å²) in [7, 11) is 0. The molecule has 0 bridgehead atoms. The standard InChI is InChI=1S/C23H15FN4O2.C15H13FN4/c1-13(28-22(29)15-6-2-3-7-16(15)23(28)30)20-21(18-8-4-5-11-25-18)27-19-12-14(24)9-10-17(19)26-20;1-9(17)14-15(12-4-2-3-7-18-12)20-13-8-10(16)5-6-11(13)19-14/h2-13H,1H3;2-9H,17H2,1H3. The van der Waals surface area contributed by atoms with E-state index in [1.165, 1.54) is 35.2 Å². The third-order valence-electron chi connectivity index (χ3n) is 8.16. The van der Waals surface area contributed by atoms with E-state index < -0.39 is 11.9 Å². The van der Waals surface area contributed by atoms with Crippen molar-refractivity contribution in [3.8, 4) is 22.8 Å². The number of hydrogen-bond acceptors (Lipinski definition) is 9. The molecule has 2 unspecified atom stereocenters. The molecule has 10 nitrogen and oxygen atoms in total. The quantitative estimate of drug-likeness (QED) is 0.192. The van der Waals surface area contributed by atoms with Gasteiger partial charge in [0.25, 0.3) is 11.8 Å². The van der Waals surface area contributed by atoms with Crippen molar-refractivity contribution < 1.29 is 18.4 Å². The zero-order chi connectivity index (χ0) is 34.9. The molecule has 0 saturated heterocycles. The van der Waals surface area contributed by atoms with Gasteiger partial charge in [0.15, 0.2) is 0 Å². The van der Waals surface area contributed by atoms with Gasteiger partial charge in [-0.3, -0.25) is 24.5 Å². The number of fused-ring (bicyclic) bond motifs is 3. The summed E-state index contributed by atoms with van der Waals surface area (Å²) in [5, 5.41) is 0. The van der Waals surface area contributed by atoms with Crippen LogP contribution < -0.4 is 5.73 Å². The number of hydrogen-bond donors (Lipinski definition) is 1. The molecule has 0 radical (unpaired) electrons. The number of pyridine rings is 2. The van der Waals surface area contributed by atoms with Crippen molar-refractivity contribution in [3.05, 3.63) is 144 Å². The molecule has 4 aromatic heterocycles. The number of nitrogens with zero attached hydrogens (tertiary/aromatic N) is 7. The fraction of sp³-hybridized carbons (Fsp3) is 0.105. The average molecular weight is 667 g/mol. The number of aromatic nitrogens is 6. The molecule has 3 aromatic carbocycles. The van der Waals surface area contributed by atoms with E-state index in [-0.39, 0.29) is 23.7 Å². The summed E-state index contributed by atoms with van der Waals surface area (Å²) in [6, 6.07) is 25.0. The summed E-state index contributed by atoms with van der Waals surface area (Å²) >= 11 is 0. The molecule has 2 atom stereocenters. The molecular formula is C38H28F2N8O2. The normalized spacial score (nSPS) is 13.6. The van der Waals surface area contributed by atoms with Gasteiger partial charge in [-0.2, -0.15) is 0 Å². The number of amides is 2. The number of imide groups is 1. The van der Waals surface area contributed by atoms with Gasteiger partial charge >= 0.3 is 0 Å². The van der Waals surface area contributed by atoms with E-state index in [0.717, 1.165) is 0 Å². The lowest BCUT2D eigenvalue weighted by Crippen LogP contribution is -2.33. The summed E-state index contributed by atoms with van der Waals surface area (Å²) in [6.07, 6.45) is 3.29. The van der Waals surface area contributed by atoms with Crippen molar-refractivity contribution in [3.63, 3.8) is 0 Å². The molecule has 246 valence electrons. The SMILES string of the molecule is CC(N)c1nc2ccc(F)cc2nc1-c1ccccn1.CC(c1nc2ccc(F)cc2nc1-c1ccccn1)N1C(=O)c2ccccc2C1=O. The predicted octanol–water partition coefficient (Wildman–Crippen LogP) is 7.04. The molecule has 2 amide bonds. The maximum absolute atomic E-state index is 13.7. The lowest BCUT2D eigenvalue weighted by Gasteiger charge is -2.24. The molecule has 2 N–H and O–H groups in total. The molecule has 0 spiro atoms. The van der Waals surface area contributed by atoms with Gasteiger partial charge in [-0.1, -0.05) is 24.3 Å². The number of rotatable bonds is 5. The maximum atomic E-state index is 13.7. The summed E-state index contributed by atoms with van der Waals surface area (Å²) in [5.41, 5.74) is 11.9. The van der Waals surface area contributed by atoms with Gasteiger partial charge in [0.05, 0.1) is 62.0 Å². The van der Waals surface area contributed by atoms with Gasteiger partial charge in [-0.05, 0) is 74.5 Å². The van der Waals surface area contributed by atoms with Crippen LogP contribution in [-0.4, -0.2) is 46.6 Å². The fourth-order valence-corrected chi connectivity index (χ4v) is 5.76. The highest BCUT2D eigenvalue weighted by Crippen LogP contribution is 2.35. The number of carbonyl (C=O) groups is 2. The Hall–Kier alpha value is -6.40. The predicted molar refractivity (Wildman–Crippen MR) is 183 cm³/mol. The summed E-state index contributed by atoms with van der Waals surface area (Å²) in [6.45, 7) is 3.57. The smallest absolute Gasteiger partial charge is 0.262 e. The van der Waals surface area contributed by atoms with Crippen molar-refractivity contribution >= 4 is 33.9 Å². The van der Waals surface area contributed by atoms with Gasteiger partial charge in [0.2, 0.25) is 0 Å². The van der Waals surface area contributed by atoms with Crippen LogP contribution in [0.2, 0.25) is 0 Å². The molecule has 1 aliphatic rings. The zero-order valence-electron chi connectivity index (χ0n) is 26.8. The molecule has 5 heterocycles. The van der Waals surface area contributed by atoms with Crippen LogP contribution in [0.3, 0.4) is 0 Å². The van der Waals surface area contributed by atoms with Gasteiger partial charge in [-0.25, -0.2) is 28.7 Å². The third-order valence-corrected chi connectivity index (χ3v) is 8.16. The monoisotopic (exact) mass is 666 g/mol. The molecule has 0 aliphatic carbocycles. The van der Waals surface area contributed by atoms with Crippen molar-refractivity contribution in [2.45, 2.75) is 25.9 Å². The van der Waals surface area contributed by atoms with E-state index in [2.05, 4.69) is 29.9 Å². The third kappa shape index (κ3) is 6.03. The minimum atomic E-state index is -0.698. The Morgan fingerprint density at radius 1 is 0.580 bits per heavy atom. The van der Waals surface area contributed by atoms with Crippen LogP contribution in [0.25, 0.3) is 44.8 Å². The van der Waals surface area contributed by atoms with Crippen LogP contribution in [0.15, 0.2) is 109 Å². The Labute approximate surface area is 284 Å². The molecule has 1 aliphatic heterocycles. The molecular weight excluding hydrogens is 638 g/mol. The van der Waals surface area contributed by atoms with Gasteiger partial charge < -0.3 is 5.73 Å². The minimum absolute atomic E-state index is 0.283. The molecule has 12 heteroatoms. The van der Waals surface area contributed by atoms with Gasteiger partial charge in [0, 0.05) is 30.6 Å². The Morgan fingerprint density at radius 3 is 1.50 bits per heavy atom. The second kappa shape index (κ2) is 13.2. The van der Waals surface area contributed by atoms with Crippen LogP contribution in [0.1, 0.15) is 58.0 Å². The van der Waals surface area contributed by atoms with E-state index in [1.54, 1.807) is 67.8 Å². The highest BCUT2D eigenvalue weighted by atomic mass is 19.1. The van der Waals surface area contributed by atoms with Crippen molar-refractivity contribution in [1.29, 1.82) is 0 Å². The van der Waals surface area contributed by atoms with Gasteiger partial charge in [0.1, 0.15) is 23.0 Å². The first-order valence-corrected chi connectivity index (χ1v) is 15.7. The van der Waals surface area contributed by atoms with Crippen molar-refractivity contribution in [1.82, 2.24) is 34.8 Å². The molecule has 50 heavy (non-hydrogen) atoms. The van der Waals surface area contributed by atoms with Crippen LogP contribution in [-0.2, 0) is 0 Å². The Morgan fingerprint density at radius 2 is 1.04 bits per heavy atom. The maximum Gasteiger partial charge on any atom is 0.262 e. The van der Waals surface area contributed by atoms with E-state index in [1.807, 2.05) is 25.1 Å². The fourth-order valence-electron chi connectivity index (χ4n) is 5.76. The number of nitrogens with two attached hydrogens (primary N) is 1. The first-order valence-electron chi connectivity index (χ1n) is 15.7. The molecule has 0 fully saturated rings. The number of benzene rings is 3. The Bertz CT molecular complexity index is 2370. The number of halogens is 2. The summed E-state index contributed by atoms with van der Waals surface area (Å²) in [5.74, 6) is -1.52. The first-order chi connectivity index (χ1) is 24.2. The largest absolute Gasteiger partial charge is 0.323 e. The average Bonchev–Trinajstić information content (AvgIpc) is 3.39. The van der Waals surface area contributed by atoms with Crippen LogP contribution in [0, 0.1) is 11.6 Å². The van der Waals surface area contributed by atoms with Crippen LogP contribution in [0.4, 0.5) is 8.78 Å². The van der Waals surface area contributed by atoms with E-state index in [0.29, 0.717) is 67.4 Å². The summed E-state index contributed by atoms with van der Waals surface area (Å²) < 4.78 is 27.1. The lowest BCUT2D eigenvalue weighted by molar-refractivity contribution is 0.0592. The Balaban J connectivity index is 0.000000170. The lowest BCUT2D eigenvalue weighted by atomic mass is 10.1. The zero-order valence-corrected chi connectivity index (χ0v) is 26.8. The summed E-state index contributed by atoms with van der Waals surface area (Å²) in [4.78, 5) is 54.0. The Kier molecular flexibility index (Phi) is 8.52. The van der Waals surface area contributed by atoms with E-state index in [4.69, 9.17) is 5.73 Å². The van der Waals surface area contributed by atoms with Crippen LogP contribution in [0.5, 0.6) is 0 Å². The molecule has 8 rings (SSSR count). The second-order valence-corrected chi connectivity index (χ2v) is 11.6.